The number of aryl methyl sites for hydroxylation is 1. The van der Waals surface area contributed by atoms with Crippen molar-refractivity contribution in [2.24, 2.45) is 0 Å². The molecule has 0 aromatic carbocycles. The average molecular weight is 384 g/mol. The van der Waals surface area contributed by atoms with Crippen LogP contribution in [0.5, 0.6) is 0 Å². The molecule has 0 bridgehead atoms. The van der Waals surface area contributed by atoms with Crippen LogP contribution >= 0.6 is 0 Å². The van der Waals surface area contributed by atoms with Gasteiger partial charge >= 0.3 is 0 Å². The molecule has 0 amide bonds. The van der Waals surface area contributed by atoms with Gasteiger partial charge in [-0.1, -0.05) is 13.8 Å². The van der Waals surface area contributed by atoms with E-state index in [9.17, 15) is 5.11 Å². The van der Waals surface area contributed by atoms with E-state index in [4.69, 9.17) is 18.9 Å². The first kappa shape index (κ1) is 19.7. The fraction of sp³-hybridized carbons (Fsp3) is 0.778. The molecule has 3 aliphatic heterocycles. The first-order valence-electron chi connectivity index (χ1n) is 9.57. The summed E-state index contributed by atoms with van der Waals surface area (Å²) in [6.45, 7) is 6.86. The summed E-state index contributed by atoms with van der Waals surface area (Å²) in [5.41, 5.74) is 1.11. The fourth-order valence-electron chi connectivity index (χ4n) is 3.58. The molecule has 4 heterocycles. The first-order valence-corrected chi connectivity index (χ1v) is 10.9. The molecule has 2 fully saturated rings. The fourth-order valence-corrected chi connectivity index (χ4v) is 5.30. The third kappa shape index (κ3) is 3.78. The van der Waals surface area contributed by atoms with Crippen molar-refractivity contribution in [1.82, 2.24) is 9.97 Å². The lowest BCUT2D eigenvalue weighted by atomic mass is 10.1. The molecule has 1 aromatic rings. The van der Waals surface area contributed by atoms with Crippen molar-refractivity contribution in [2.45, 2.75) is 50.2 Å². The SMILES string of the molecule is CC.CO[S+]1CCc2nc(N3CC(O)C3)nc(N(C)C3CCOCC3)c21. The molecule has 2 saturated heterocycles. The van der Waals surface area contributed by atoms with Crippen molar-refractivity contribution in [2.75, 3.05) is 56.0 Å². The highest BCUT2D eigenvalue weighted by Gasteiger charge is 2.42. The van der Waals surface area contributed by atoms with Gasteiger partial charge in [0.2, 0.25) is 5.95 Å². The van der Waals surface area contributed by atoms with Crippen molar-refractivity contribution in [1.29, 1.82) is 0 Å². The lowest BCUT2D eigenvalue weighted by molar-refractivity contribution is 0.0852. The van der Waals surface area contributed by atoms with Crippen LogP contribution in [-0.2, 0) is 26.5 Å². The van der Waals surface area contributed by atoms with Crippen LogP contribution < -0.4 is 9.80 Å². The topological polar surface area (TPSA) is 71.0 Å². The Labute approximate surface area is 159 Å². The van der Waals surface area contributed by atoms with E-state index in [-0.39, 0.29) is 17.3 Å². The number of β-amino-alcohol motifs (C(OH)–C–C–N with tert-alkyl or cyclic N) is 1. The van der Waals surface area contributed by atoms with Crippen LogP contribution in [0.4, 0.5) is 11.8 Å². The molecular weight excluding hydrogens is 352 g/mol. The Morgan fingerprint density at radius 2 is 1.92 bits per heavy atom. The minimum Gasteiger partial charge on any atom is -0.389 e. The zero-order valence-electron chi connectivity index (χ0n) is 16.3. The van der Waals surface area contributed by atoms with Gasteiger partial charge in [-0.25, -0.2) is 4.98 Å². The van der Waals surface area contributed by atoms with Gasteiger partial charge in [-0.3, -0.25) is 0 Å². The van der Waals surface area contributed by atoms with Crippen molar-refractivity contribution < 1.29 is 14.0 Å². The Morgan fingerprint density at radius 3 is 2.54 bits per heavy atom. The predicted molar refractivity (Wildman–Crippen MR) is 105 cm³/mol. The van der Waals surface area contributed by atoms with E-state index >= 15 is 0 Å². The zero-order valence-corrected chi connectivity index (χ0v) is 17.1. The van der Waals surface area contributed by atoms with Gasteiger partial charge < -0.3 is 19.6 Å². The Morgan fingerprint density at radius 1 is 1.23 bits per heavy atom. The van der Waals surface area contributed by atoms with E-state index in [1.165, 1.54) is 4.90 Å². The smallest absolute Gasteiger partial charge is 0.254 e. The maximum atomic E-state index is 9.60. The first-order chi connectivity index (χ1) is 12.7. The second-order valence-corrected chi connectivity index (χ2v) is 8.44. The van der Waals surface area contributed by atoms with Crippen LogP contribution in [0.25, 0.3) is 0 Å². The number of ether oxygens (including phenoxy) is 1. The summed E-state index contributed by atoms with van der Waals surface area (Å²) < 4.78 is 11.2. The number of aromatic nitrogens is 2. The summed E-state index contributed by atoms with van der Waals surface area (Å²) in [5, 5.41) is 9.60. The molecule has 146 valence electrons. The number of rotatable bonds is 4. The van der Waals surface area contributed by atoms with Crippen LogP contribution in [0, 0.1) is 0 Å². The highest BCUT2D eigenvalue weighted by molar-refractivity contribution is 7.92. The van der Waals surface area contributed by atoms with Crippen molar-refractivity contribution in [3.05, 3.63) is 5.69 Å². The van der Waals surface area contributed by atoms with E-state index in [1.54, 1.807) is 7.11 Å². The van der Waals surface area contributed by atoms with E-state index in [0.717, 1.165) is 55.7 Å². The number of hydrogen-bond donors (Lipinski definition) is 1. The molecule has 1 atom stereocenters. The summed E-state index contributed by atoms with van der Waals surface area (Å²) in [5.74, 6) is 2.74. The van der Waals surface area contributed by atoms with Gasteiger partial charge in [0.25, 0.3) is 4.90 Å². The van der Waals surface area contributed by atoms with Gasteiger partial charge in [0.1, 0.15) is 5.69 Å². The minimum absolute atomic E-state index is 0.224. The quantitative estimate of drug-likeness (QED) is 0.788. The summed E-state index contributed by atoms with van der Waals surface area (Å²) in [6.07, 6.45) is 2.72. The van der Waals surface area contributed by atoms with Crippen LogP contribution in [0.1, 0.15) is 32.4 Å². The number of aliphatic hydroxyl groups is 1. The van der Waals surface area contributed by atoms with Crippen LogP contribution in [0.2, 0.25) is 0 Å². The number of aliphatic hydroxyl groups excluding tert-OH is 1. The highest BCUT2D eigenvalue weighted by Crippen LogP contribution is 2.37. The molecule has 1 aromatic heterocycles. The van der Waals surface area contributed by atoms with Gasteiger partial charge in [-0.2, -0.15) is 9.17 Å². The minimum atomic E-state index is -0.257. The molecule has 26 heavy (non-hydrogen) atoms. The molecule has 0 aliphatic carbocycles. The summed E-state index contributed by atoms with van der Waals surface area (Å²) >= 11 is -0.224. The van der Waals surface area contributed by atoms with Crippen LogP contribution in [0.15, 0.2) is 4.90 Å². The summed E-state index contributed by atoms with van der Waals surface area (Å²) in [7, 11) is 3.90. The molecule has 0 radical (unpaired) electrons. The van der Waals surface area contributed by atoms with Gasteiger partial charge in [0, 0.05) is 45.8 Å². The molecule has 7 nitrogen and oxygen atoms in total. The molecule has 0 saturated carbocycles. The lowest BCUT2D eigenvalue weighted by Crippen LogP contribution is -2.51. The number of fused-ring (bicyclic) bond motifs is 1. The highest BCUT2D eigenvalue weighted by atomic mass is 32.2. The maximum absolute atomic E-state index is 9.60. The van der Waals surface area contributed by atoms with Gasteiger partial charge in [0.05, 0.1) is 13.2 Å². The number of nitrogens with zero attached hydrogens (tertiary/aromatic N) is 4. The molecule has 1 unspecified atom stereocenters. The molecule has 0 spiro atoms. The Hall–Kier alpha value is -1.09. The third-order valence-corrected chi connectivity index (χ3v) is 6.93. The zero-order chi connectivity index (χ0) is 18.7. The second kappa shape index (κ2) is 8.73. The van der Waals surface area contributed by atoms with Gasteiger partial charge in [0.15, 0.2) is 22.7 Å². The molecule has 1 N–H and O–H groups in total. The van der Waals surface area contributed by atoms with E-state index in [2.05, 4.69) is 16.8 Å². The van der Waals surface area contributed by atoms with Gasteiger partial charge in [-0.15, -0.1) is 0 Å². The number of hydrogen-bond acceptors (Lipinski definition) is 7. The van der Waals surface area contributed by atoms with Crippen LogP contribution in [-0.4, -0.2) is 73.4 Å². The van der Waals surface area contributed by atoms with E-state index in [0.29, 0.717) is 19.1 Å². The largest absolute Gasteiger partial charge is 0.389 e. The van der Waals surface area contributed by atoms with E-state index in [1.807, 2.05) is 13.8 Å². The Kier molecular flexibility index (Phi) is 6.60. The van der Waals surface area contributed by atoms with Crippen molar-refractivity contribution >= 4 is 22.9 Å². The Bertz CT molecular complexity index is 606. The summed E-state index contributed by atoms with van der Waals surface area (Å²) in [6, 6.07) is 0.440. The molecular formula is C18H31N4O3S+. The molecule has 4 rings (SSSR count). The van der Waals surface area contributed by atoms with Crippen molar-refractivity contribution in [3.8, 4) is 0 Å². The van der Waals surface area contributed by atoms with Crippen LogP contribution in [0.3, 0.4) is 0 Å². The standard InChI is InChI=1S/C16H25N4O3S.C2H6/c1-19(11-3-6-23-7-4-11)15-14-13(5-8-24(14)22-2)17-16(18-15)20-9-12(21)10-20;1-2/h11-12,21H,3-10H2,1-2H3;1-2H3/q+1;. The molecule has 3 aliphatic rings. The maximum Gasteiger partial charge on any atom is 0.254 e. The Balaban J connectivity index is 0.000000948. The summed E-state index contributed by atoms with van der Waals surface area (Å²) in [4.78, 5) is 15.2. The third-order valence-electron chi connectivity index (χ3n) is 5.08. The normalized spacial score (nSPS) is 23.1. The monoisotopic (exact) mass is 383 g/mol. The average Bonchev–Trinajstić information content (AvgIpc) is 3.09. The molecule has 8 heteroatoms. The number of anilines is 2. The van der Waals surface area contributed by atoms with Gasteiger partial charge in [-0.05, 0) is 12.8 Å². The second-order valence-electron chi connectivity index (χ2n) is 6.60. The lowest BCUT2D eigenvalue weighted by Gasteiger charge is -2.37. The van der Waals surface area contributed by atoms with Crippen molar-refractivity contribution in [3.63, 3.8) is 0 Å². The predicted octanol–water partition coefficient (Wildman–Crippen LogP) is 1.39. The van der Waals surface area contributed by atoms with E-state index < -0.39 is 0 Å².